The fraction of sp³-hybridized carbons (Fsp3) is 1.00. The Labute approximate surface area is 111 Å². The lowest BCUT2D eigenvalue weighted by atomic mass is 10.2. The van der Waals surface area contributed by atoms with Gasteiger partial charge >= 0.3 is 0 Å². The Morgan fingerprint density at radius 2 is 2.11 bits per heavy atom. The number of methoxy groups -OCH3 is 1. The third-order valence-electron chi connectivity index (χ3n) is 3.31. The van der Waals surface area contributed by atoms with Crippen LogP contribution in [0.1, 0.15) is 20.8 Å². The van der Waals surface area contributed by atoms with Crippen LogP contribution in [0.4, 0.5) is 0 Å². The van der Waals surface area contributed by atoms with Crippen LogP contribution in [0.3, 0.4) is 0 Å². The Balaban J connectivity index is 2.62. The summed E-state index contributed by atoms with van der Waals surface area (Å²) in [6, 6.07) is 0.731. The van der Waals surface area contributed by atoms with E-state index in [0.717, 1.165) is 6.54 Å². The molecule has 2 atom stereocenters. The van der Waals surface area contributed by atoms with Gasteiger partial charge in [0.1, 0.15) is 0 Å². The number of ether oxygens (including phenoxy) is 1. The molecule has 1 saturated heterocycles. The Kier molecular flexibility index (Phi) is 6.04. The molecule has 0 amide bonds. The van der Waals surface area contributed by atoms with Crippen LogP contribution in [0, 0.1) is 0 Å². The van der Waals surface area contributed by atoms with Gasteiger partial charge < -0.3 is 10.1 Å². The SMILES string of the molecule is COCC(CNC(C)C)N1CCS(=O)(=O)CC1C. The van der Waals surface area contributed by atoms with Crippen molar-refractivity contribution in [1.82, 2.24) is 10.2 Å². The molecule has 1 fully saturated rings. The van der Waals surface area contributed by atoms with Gasteiger partial charge in [0.05, 0.1) is 18.1 Å². The molecule has 0 aromatic rings. The predicted octanol–water partition coefficient (Wildman–Crippen LogP) is 0.118. The molecule has 0 bridgehead atoms. The highest BCUT2D eigenvalue weighted by Crippen LogP contribution is 2.15. The molecular weight excluding hydrogens is 252 g/mol. The first-order chi connectivity index (χ1) is 8.35. The van der Waals surface area contributed by atoms with E-state index in [1.165, 1.54) is 0 Å². The van der Waals surface area contributed by atoms with Gasteiger partial charge in [0.15, 0.2) is 9.84 Å². The highest BCUT2D eigenvalue weighted by atomic mass is 32.2. The lowest BCUT2D eigenvalue weighted by molar-refractivity contribution is 0.0706. The summed E-state index contributed by atoms with van der Waals surface area (Å²) in [7, 11) is -1.16. The van der Waals surface area contributed by atoms with Crippen molar-refractivity contribution >= 4 is 9.84 Å². The van der Waals surface area contributed by atoms with E-state index in [2.05, 4.69) is 24.1 Å². The second-order valence-corrected chi connectivity index (χ2v) is 7.60. The van der Waals surface area contributed by atoms with Gasteiger partial charge in [0, 0.05) is 38.3 Å². The standard InChI is InChI=1S/C12H26N2O3S/c1-10(2)13-7-12(8-17-4)14-5-6-18(15,16)9-11(14)3/h10-13H,5-9H2,1-4H3. The zero-order chi connectivity index (χ0) is 13.8. The minimum absolute atomic E-state index is 0.0675. The van der Waals surface area contributed by atoms with E-state index in [1.807, 2.05) is 6.92 Å². The number of hydrogen-bond donors (Lipinski definition) is 1. The first-order valence-corrected chi connectivity index (χ1v) is 8.36. The molecule has 108 valence electrons. The number of nitrogens with zero attached hydrogens (tertiary/aromatic N) is 1. The molecule has 0 aliphatic carbocycles. The van der Waals surface area contributed by atoms with E-state index in [-0.39, 0.29) is 23.6 Å². The van der Waals surface area contributed by atoms with Gasteiger partial charge in [0.2, 0.25) is 0 Å². The number of sulfone groups is 1. The van der Waals surface area contributed by atoms with Crippen LogP contribution in [-0.4, -0.2) is 69.8 Å². The quantitative estimate of drug-likeness (QED) is 0.748. The molecule has 1 heterocycles. The fourth-order valence-corrected chi connectivity index (χ4v) is 3.97. The summed E-state index contributed by atoms with van der Waals surface area (Å²) < 4.78 is 28.4. The number of hydrogen-bond acceptors (Lipinski definition) is 5. The molecule has 5 nitrogen and oxygen atoms in total. The molecule has 0 spiro atoms. The minimum Gasteiger partial charge on any atom is -0.383 e. The first kappa shape index (κ1) is 15.9. The lowest BCUT2D eigenvalue weighted by Crippen LogP contribution is -2.56. The highest BCUT2D eigenvalue weighted by molar-refractivity contribution is 7.91. The largest absolute Gasteiger partial charge is 0.383 e. The number of rotatable bonds is 6. The Morgan fingerprint density at radius 1 is 1.44 bits per heavy atom. The van der Waals surface area contributed by atoms with Crippen LogP contribution >= 0.6 is 0 Å². The summed E-state index contributed by atoms with van der Waals surface area (Å²) in [5, 5.41) is 3.40. The summed E-state index contributed by atoms with van der Waals surface area (Å²) in [4.78, 5) is 2.25. The molecule has 18 heavy (non-hydrogen) atoms. The molecule has 0 radical (unpaired) electrons. The van der Waals surface area contributed by atoms with Gasteiger partial charge in [-0.2, -0.15) is 0 Å². The molecule has 1 rings (SSSR count). The fourth-order valence-electron chi connectivity index (χ4n) is 2.39. The molecule has 2 unspecified atom stereocenters. The van der Waals surface area contributed by atoms with E-state index in [4.69, 9.17) is 4.74 Å². The molecule has 0 aromatic carbocycles. The van der Waals surface area contributed by atoms with Crippen molar-refractivity contribution < 1.29 is 13.2 Å². The summed E-state index contributed by atoms with van der Waals surface area (Å²) >= 11 is 0. The minimum atomic E-state index is -2.85. The van der Waals surface area contributed by atoms with E-state index in [0.29, 0.717) is 19.2 Å². The third kappa shape index (κ3) is 4.84. The van der Waals surface area contributed by atoms with Crippen molar-refractivity contribution in [3.8, 4) is 0 Å². The van der Waals surface area contributed by atoms with Crippen LogP contribution in [-0.2, 0) is 14.6 Å². The van der Waals surface area contributed by atoms with Gasteiger partial charge in [-0.1, -0.05) is 13.8 Å². The molecule has 1 aliphatic rings. The van der Waals surface area contributed by atoms with Gasteiger partial charge in [-0.15, -0.1) is 0 Å². The topological polar surface area (TPSA) is 58.6 Å². The second kappa shape index (κ2) is 6.84. The summed E-state index contributed by atoms with van der Waals surface area (Å²) in [6.45, 7) is 8.26. The monoisotopic (exact) mass is 278 g/mol. The van der Waals surface area contributed by atoms with Gasteiger partial charge in [0.25, 0.3) is 0 Å². The van der Waals surface area contributed by atoms with E-state index >= 15 is 0 Å². The summed E-state index contributed by atoms with van der Waals surface area (Å²) in [5.41, 5.74) is 0. The van der Waals surface area contributed by atoms with Crippen LogP contribution in [0.15, 0.2) is 0 Å². The molecule has 1 N–H and O–H groups in total. The maximum atomic E-state index is 11.6. The average Bonchev–Trinajstić information content (AvgIpc) is 2.23. The van der Waals surface area contributed by atoms with Crippen molar-refractivity contribution in [2.75, 3.05) is 38.3 Å². The van der Waals surface area contributed by atoms with Crippen LogP contribution < -0.4 is 5.32 Å². The zero-order valence-electron chi connectivity index (χ0n) is 11.8. The average molecular weight is 278 g/mol. The van der Waals surface area contributed by atoms with Crippen molar-refractivity contribution in [1.29, 1.82) is 0 Å². The lowest BCUT2D eigenvalue weighted by Gasteiger charge is -2.39. The first-order valence-electron chi connectivity index (χ1n) is 6.54. The van der Waals surface area contributed by atoms with E-state index < -0.39 is 9.84 Å². The van der Waals surface area contributed by atoms with Crippen LogP contribution in [0.2, 0.25) is 0 Å². The Bertz CT molecular complexity index is 343. The van der Waals surface area contributed by atoms with Crippen molar-refractivity contribution in [3.63, 3.8) is 0 Å². The maximum Gasteiger partial charge on any atom is 0.153 e. The van der Waals surface area contributed by atoms with Crippen molar-refractivity contribution in [2.24, 2.45) is 0 Å². The predicted molar refractivity (Wildman–Crippen MR) is 73.6 cm³/mol. The van der Waals surface area contributed by atoms with Crippen molar-refractivity contribution in [2.45, 2.75) is 38.9 Å². The molecule has 6 heteroatoms. The van der Waals surface area contributed by atoms with Crippen LogP contribution in [0.25, 0.3) is 0 Å². The molecular formula is C12H26N2O3S. The normalized spacial score (nSPS) is 26.4. The van der Waals surface area contributed by atoms with Gasteiger partial charge in [-0.05, 0) is 6.92 Å². The van der Waals surface area contributed by atoms with Gasteiger partial charge in [-0.3, -0.25) is 4.90 Å². The molecule has 1 aliphatic heterocycles. The number of nitrogens with one attached hydrogen (secondary N) is 1. The zero-order valence-corrected chi connectivity index (χ0v) is 12.7. The van der Waals surface area contributed by atoms with Crippen molar-refractivity contribution in [3.05, 3.63) is 0 Å². The Morgan fingerprint density at radius 3 is 2.61 bits per heavy atom. The van der Waals surface area contributed by atoms with Crippen LogP contribution in [0.5, 0.6) is 0 Å². The Hall–Kier alpha value is -0.170. The second-order valence-electron chi connectivity index (χ2n) is 5.37. The van der Waals surface area contributed by atoms with Gasteiger partial charge in [-0.25, -0.2) is 8.42 Å². The maximum absolute atomic E-state index is 11.6. The summed E-state index contributed by atoms with van der Waals surface area (Å²) in [5.74, 6) is 0.522. The van der Waals surface area contributed by atoms with E-state index in [1.54, 1.807) is 7.11 Å². The smallest absolute Gasteiger partial charge is 0.153 e. The molecule has 0 saturated carbocycles. The third-order valence-corrected chi connectivity index (χ3v) is 5.11. The molecule has 0 aromatic heterocycles. The summed E-state index contributed by atoms with van der Waals surface area (Å²) in [6.07, 6.45) is 0. The highest BCUT2D eigenvalue weighted by Gasteiger charge is 2.32. The van der Waals surface area contributed by atoms with E-state index in [9.17, 15) is 8.42 Å².